The molecule has 2 rings (SSSR count). The highest BCUT2D eigenvalue weighted by molar-refractivity contribution is 7.99. The molecule has 11 heteroatoms. The molecule has 0 unspecified atom stereocenters. The second-order valence-electron chi connectivity index (χ2n) is 4.50. The molecule has 0 bridgehead atoms. The highest BCUT2D eigenvalue weighted by Crippen LogP contribution is 2.32. The molecule has 2 aromatic rings. The van der Waals surface area contributed by atoms with Gasteiger partial charge in [-0.05, 0) is 36.4 Å². The van der Waals surface area contributed by atoms with Crippen LogP contribution in [0.15, 0.2) is 63.2 Å². The summed E-state index contributed by atoms with van der Waals surface area (Å²) in [5, 5.41) is 4.94. The Hall–Kier alpha value is -1.69. The molecule has 0 aliphatic carbocycles. The second kappa shape index (κ2) is 7.05. The molecule has 0 radical (unpaired) electrons. The standard InChI is InChI=1S/C13H12F2N2O4S3/c14-13(15)22-12-4-2-1-3-11(12)17-24(20,21)10-7-5-9(6-8-10)23(16,18)19/h1-8,13,17H,(H2,16,18,19). The van der Waals surface area contributed by atoms with Gasteiger partial charge in [-0.1, -0.05) is 23.9 Å². The molecule has 0 aromatic heterocycles. The minimum atomic E-state index is -4.08. The van der Waals surface area contributed by atoms with Crippen molar-refractivity contribution >= 4 is 37.5 Å². The summed E-state index contributed by atoms with van der Waals surface area (Å²) in [7, 11) is -8.02. The Kier molecular flexibility index (Phi) is 5.48. The summed E-state index contributed by atoms with van der Waals surface area (Å²) in [6.45, 7) is 0. The van der Waals surface area contributed by atoms with E-state index in [1.54, 1.807) is 0 Å². The minimum absolute atomic E-state index is 0.00155. The lowest BCUT2D eigenvalue weighted by molar-refractivity contribution is 0.252. The largest absolute Gasteiger partial charge is 0.288 e. The van der Waals surface area contributed by atoms with Crippen LogP contribution in [-0.2, 0) is 20.0 Å². The van der Waals surface area contributed by atoms with Crippen LogP contribution in [0, 0.1) is 0 Å². The molecule has 2 aromatic carbocycles. The average Bonchev–Trinajstić information content (AvgIpc) is 2.48. The Labute approximate surface area is 142 Å². The van der Waals surface area contributed by atoms with Crippen LogP contribution in [0.4, 0.5) is 14.5 Å². The Balaban J connectivity index is 2.32. The van der Waals surface area contributed by atoms with Gasteiger partial charge < -0.3 is 0 Å². The van der Waals surface area contributed by atoms with Gasteiger partial charge in [0.2, 0.25) is 10.0 Å². The topological polar surface area (TPSA) is 106 Å². The van der Waals surface area contributed by atoms with Crippen molar-refractivity contribution < 1.29 is 25.6 Å². The summed E-state index contributed by atoms with van der Waals surface area (Å²) < 4.78 is 74.2. The van der Waals surface area contributed by atoms with E-state index in [1.807, 2.05) is 0 Å². The van der Waals surface area contributed by atoms with E-state index in [0.717, 1.165) is 24.3 Å². The molecule has 3 N–H and O–H groups in total. The number of benzene rings is 2. The van der Waals surface area contributed by atoms with Crippen LogP contribution >= 0.6 is 11.8 Å². The fourth-order valence-electron chi connectivity index (χ4n) is 1.76. The second-order valence-corrected chi connectivity index (χ2v) is 8.77. The SMILES string of the molecule is NS(=O)(=O)c1ccc(S(=O)(=O)Nc2ccccc2SC(F)F)cc1. The van der Waals surface area contributed by atoms with Crippen molar-refractivity contribution in [2.45, 2.75) is 20.4 Å². The number of nitrogens with one attached hydrogen (secondary N) is 1. The van der Waals surface area contributed by atoms with Gasteiger partial charge in [-0.15, -0.1) is 0 Å². The first-order valence-corrected chi connectivity index (χ1v) is 10.2. The van der Waals surface area contributed by atoms with Crippen molar-refractivity contribution in [2.24, 2.45) is 5.14 Å². The van der Waals surface area contributed by atoms with Gasteiger partial charge in [0.1, 0.15) is 0 Å². The lowest BCUT2D eigenvalue weighted by atomic mass is 10.3. The zero-order chi connectivity index (χ0) is 18.0. The third kappa shape index (κ3) is 4.66. The predicted molar refractivity (Wildman–Crippen MR) is 86.9 cm³/mol. The summed E-state index contributed by atoms with van der Waals surface area (Å²) in [5.74, 6) is -2.70. The van der Waals surface area contributed by atoms with Crippen molar-refractivity contribution in [3.8, 4) is 0 Å². The van der Waals surface area contributed by atoms with E-state index in [2.05, 4.69) is 4.72 Å². The van der Waals surface area contributed by atoms with Crippen molar-refractivity contribution in [3.05, 3.63) is 48.5 Å². The number of thioether (sulfide) groups is 1. The Morgan fingerprint density at radius 2 is 1.46 bits per heavy atom. The first-order valence-electron chi connectivity index (χ1n) is 6.29. The molecule has 0 saturated heterocycles. The van der Waals surface area contributed by atoms with E-state index < -0.39 is 25.8 Å². The van der Waals surface area contributed by atoms with E-state index >= 15 is 0 Å². The van der Waals surface area contributed by atoms with Crippen LogP contribution in [0.2, 0.25) is 0 Å². The third-order valence-electron chi connectivity index (χ3n) is 2.81. The molecule has 0 fully saturated rings. The molecule has 0 heterocycles. The number of alkyl halides is 2. The van der Waals surface area contributed by atoms with E-state index in [-0.39, 0.29) is 32.1 Å². The molecule has 0 aliphatic heterocycles. The monoisotopic (exact) mass is 394 g/mol. The van der Waals surface area contributed by atoms with E-state index in [1.165, 1.54) is 24.3 Å². The van der Waals surface area contributed by atoms with Crippen LogP contribution in [0.1, 0.15) is 0 Å². The van der Waals surface area contributed by atoms with Gasteiger partial charge in [-0.2, -0.15) is 8.78 Å². The number of rotatable bonds is 6. The summed E-state index contributed by atoms with van der Waals surface area (Å²) in [5.41, 5.74) is -0.00155. The lowest BCUT2D eigenvalue weighted by Crippen LogP contribution is -2.15. The van der Waals surface area contributed by atoms with Gasteiger partial charge in [-0.25, -0.2) is 22.0 Å². The van der Waals surface area contributed by atoms with E-state index in [4.69, 9.17) is 5.14 Å². The molecule has 0 saturated carbocycles. The number of halogens is 2. The van der Waals surface area contributed by atoms with Gasteiger partial charge in [0, 0.05) is 4.90 Å². The van der Waals surface area contributed by atoms with Crippen molar-refractivity contribution in [2.75, 3.05) is 4.72 Å². The molecule has 0 spiro atoms. The molecular weight excluding hydrogens is 382 g/mol. The summed E-state index contributed by atoms with van der Waals surface area (Å²) in [6, 6.07) is 9.92. The molecule has 6 nitrogen and oxygen atoms in total. The molecule has 0 aliphatic rings. The number of anilines is 1. The number of hydrogen-bond donors (Lipinski definition) is 2. The molecule has 0 atom stereocenters. The van der Waals surface area contributed by atoms with Crippen LogP contribution < -0.4 is 9.86 Å². The van der Waals surface area contributed by atoms with Gasteiger partial charge in [0.15, 0.2) is 0 Å². The third-order valence-corrected chi connectivity index (χ3v) is 5.91. The number of sulfonamides is 2. The van der Waals surface area contributed by atoms with Crippen molar-refractivity contribution in [1.29, 1.82) is 0 Å². The Morgan fingerprint density at radius 1 is 0.917 bits per heavy atom. The lowest BCUT2D eigenvalue weighted by Gasteiger charge is -2.12. The van der Waals surface area contributed by atoms with Crippen molar-refractivity contribution in [1.82, 2.24) is 0 Å². The van der Waals surface area contributed by atoms with Gasteiger partial charge in [-0.3, -0.25) is 4.72 Å². The number of primary sulfonamides is 1. The van der Waals surface area contributed by atoms with Crippen LogP contribution in [-0.4, -0.2) is 22.6 Å². The van der Waals surface area contributed by atoms with E-state index in [0.29, 0.717) is 0 Å². The molecule has 130 valence electrons. The van der Waals surface area contributed by atoms with Gasteiger partial charge in [0.05, 0.1) is 15.5 Å². The highest BCUT2D eigenvalue weighted by Gasteiger charge is 2.18. The highest BCUT2D eigenvalue weighted by atomic mass is 32.2. The molecule has 24 heavy (non-hydrogen) atoms. The molecular formula is C13H12F2N2O4S3. The van der Waals surface area contributed by atoms with Gasteiger partial charge in [0.25, 0.3) is 15.8 Å². The zero-order valence-electron chi connectivity index (χ0n) is 11.9. The van der Waals surface area contributed by atoms with Crippen LogP contribution in [0.5, 0.6) is 0 Å². The van der Waals surface area contributed by atoms with E-state index in [9.17, 15) is 25.6 Å². The number of hydrogen-bond acceptors (Lipinski definition) is 5. The minimum Gasteiger partial charge on any atom is -0.278 e. The smallest absolute Gasteiger partial charge is 0.278 e. The van der Waals surface area contributed by atoms with Crippen LogP contribution in [0.3, 0.4) is 0 Å². The summed E-state index contributed by atoms with van der Waals surface area (Å²) in [6.07, 6.45) is 0. The summed E-state index contributed by atoms with van der Waals surface area (Å²) in [4.78, 5) is -0.404. The predicted octanol–water partition coefficient (Wildman–Crippen LogP) is 2.45. The van der Waals surface area contributed by atoms with Crippen molar-refractivity contribution in [3.63, 3.8) is 0 Å². The number of nitrogens with two attached hydrogens (primary N) is 1. The molecule has 0 amide bonds. The van der Waals surface area contributed by atoms with Gasteiger partial charge >= 0.3 is 0 Å². The normalized spacial score (nSPS) is 12.3. The Bertz CT molecular complexity index is 930. The fourth-order valence-corrected chi connectivity index (χ4v) is 4.02. The zero-order valence-corrected chi connectivity index (χ0v) is 14.3. The fraction of sp³-hybridized carbons (Fsp3) is 0.0769. The average molecular weight is 394 g/mol. The first-order chi connectivity index (χ1) is 11.1. The first kappa shape index (κ1) is 18.6. The maximum Gasteiger partial charge on any atom is 0.288 e. The Morgan fingerprint density at radius 3 is 2.00 bits per heavy atom. The van der Waals surface area contributed by atoms with Crippen LogP contribution in [0.25, 0.3) is 0 Å². The maximum absolute atomic E-state index is 12.5. The summed E-state index contributed by atoms with van der Waals surface area (Å²) >= 11 is 0.211. The quantitative estimate of drug-likeness (QED) is 0.732. The maximum atomic E-state index is 12.5. The number of para-hydroxylation sites is 1.